The number of aromatic nitrogens is 2. The maximum atomic E-state index is 12.7. The Morgan fingerprint density at radius 1 is 1.17 bits per heavy atom. The minimum atomic E-state index is -3.72. The maximum Gasteiger partial charge on any atom is 0.269 e. The van der Waals surface area contributed by atoms with Crippen molar-refractivity contribution in [2.75, 3.05) is 0 Å². The number of hydrogen-bond donors (Lipinski definition) is 0. The molecule has 1 heterocycles. The van der Waals surface area contributed by atoms with Crippen LogP contribution in [-0.4, -0.2) is 32.5 Å². The van der Waals surface area contributed by atoms with Gasteiger partial charge in [0.15, 0.2) is 0 Å². The van der Waals surface area contributed by atoms with Crippen LogP contribution in [0.1, 0.15) is 37.9 Å². The van der Waals surface area contributed by atoms with Crippen molar-refractivity contribution in [2.24, 2.45) is 4.40 Å². The SMILES string of the molecule is Cc1ccc(S(=O)(=O)n2cc(C=N[S@@](=O)C(C)(C)C)nc2C)cc1. The lowest BCUT2D eigenvalue weighted by Crippen LogP contribution is -2.19. The van der Waals surface area contributed by atoms with Crippen LogP contribution in [-0.2, 0) is 21.0 Å². The van der Waals surface area contributed by atoms with E-state index in [2.05, 4.69) is 9.38 Å². The van der Waals surface area contributed by atoms with Gasteiger partial charge in [0.25, 0.3) is 10.0 Å². The Labute approximate surface area is 145 Å². The molecule has 2 aromatic rings. The van der Waals surface area contributed by atoms with Gasteiger partial charge in [0.1, 0.15) is 22.5 Å². The van der Waals surface area contributed by atoms with Gasteiger partial charge in [-0.3, -0.25) is 0 Å². The van der Waals surface area contributed by atoms with Gasteiger partial charge in [0.2, 0.25) is 0 Å². The summed E-state index contributed by atoms with van der Waals surface area (Å²) in [4.78, 5) is 4.36. The predicted molar refractivity (Wildman–Crippen MR) is 96.2 cm³/mol. The molecule has 0 fully saturated rings. The second-order valence-corrected chi connectivity index (χ2v) is 10.2. The molecule has 0 spiro atoms. The normalized spacial score (nSPS) is 14.2. The van der Waals surface area contributed by atoms with Crippen LogP contribution in [0, 0.1) is 13.8 Å². The van der Waals surface area contributed by atoms with E-state index >= 15 is 0 Å². The van der Waals surface area contributed by atoms with Gasteiger partial charge in [-0.2, -0.15) is 4.40 Å². The molecule has 0 saturated carbocycles. The number of aryl methyl sites for hydroxylation is 2. The third kappa shape index (κ3) is 3.99. The summed E-state index contributed by atoms with van der Waals surface area (Å²) in [5.41, 5.74) is 1.33. The lowest BCUT2D eigenvalue weighted by molar-refractivity contribution is 0.586. The molecule has 0 bridgehead atoms. The van der Waals surface area contributed by atoms with Gasteiger partial charge in [-0.1, -0.05) is 17.7 Å². The molecule has 0 aliphatic carbocycles. The monoisotopic (exact) mass is 367 g/mol. The first-order chi connectivity index (χ1) is 11.0. The second kappa shape index (κ2) is 6.60. The molecule has 0 saturated heterocycles. The summed E-state index contributed by atoms with van der Waals surface area (Å²) < 4.78 is 41.9. The Morgan fingerprint density at radius 2 is 1.75 bits per heavy atom. The molecule has 1 aromatic carbocycles. The summed E-state index contributed by atoms with van der Waals surface area (Å²) in [6, 6.07) is 6.61. The van der Waals surface area contributed by atoms with Crippen molar-refractivity contribution in [1.29, 1.82) is 0 Å². The van der Waals surface area contributed by atoms with Crippen LogP contribution in [0.5, 0.6) is 0 Å². The highest BCUT2D eigenvalue weighted by Gasteiger charge is 2.21. The van der Waals surface area contributed by atoms with E-state index in [1.54, 1.807) is 31.2 Å². The molecule has 0 aliphatic heterocycles. The van der Waals surface area contributed by atoms with Crippen LogP contribution in [0.25, 0.3) is 0 Å². The lowest BCUT2D eigenvalue weighted by Gasteiger charge is -2.12. The molecule has 1 aromatic heterocycles. The molecule has 130 valence electrons. The largest absolute Gasteiger partial charge is 0.269 e. The summed E-state index contributed by atoms with van der Waals surface area (Å²) in [6.07, 6.45) is 2.73. The number of imidazole rings is 1. The van der Waals surface area contributed by atoms with Crippen LogP contribution in [0.3, 0.4) is 0 Å². The van der Waals surface area contributed by atoms with Gasteiger partial charge >= 0.3 is 0 Å². The number of rotatable bonds is 4. The average molecular weight is 367 g/mol. The standard InChI is InChI=1S/C16H21N3O3S2/c1-12-6-8-15(9-7-12)24(21,22)19-11-14(18-13(19)2)10-17-23(20)16(3,4)5/h6-11H,1-5H3/t23-/m0/s1. The van der Waals surface area contributed by atoms with Gasteiger partial charge in [0, 0.05) is 6.20 Å². The van der Waals surface area contributed by atoms with E-state index in [0.717, 1.165) is 9.54 Å². The summed E-state index contributed by atoms with van der Waals surface area (Å²) in [6.45, 7) is 8.93. The van der Waals surface area contributed by atoms with Crippen molar-refractivity contribution in [3.8, 4) is 0 Å². The minimum absolute atomic E-state index is 0.190. The average Bonchev–Trinajstić information content (AvgIpc) is 2.86. The van der Waals surface area contributed by atoms with Crippen LogP contribution >= 0.6 is 0 Å². The zero-order valence-corrected chi connectivity index (χ0v) is 16.0. The predicted octanol–water partition coefficient (Wildman–Crippen LogP) is 2.62. The Hall–Kier alpha value is -1.80. The van der Waals surface area contributed by atoms with Gasteiger partial charge in [-0.05, 0) is 46.8 Å². The van der Waals surface area contributed by atoms with E-state index in [9.17, 15) is 12.6 Å². The maximum absolute atomic E-state index is 12.7. The first kappa shape index (κ1) is 18.5. The van der Waals surface area contributed by atoms with E-state index in [0.29, 0.717) is 11.5 Å². The van der Waals surface area contributed by atoms with Crippen molar-refractivity contribution in [3.05, 3.63) is 47.5 Å². The summed E-state index contributed by atoms with van der Waals surface area (Å²) in [5.74, 6) is 0.318. The quantitative estimate of drug-likeness (QED) is 0.778. The topological polar surface area (TPSA) is 81.4 Å². The molecule has 0 aliphatic rings. The molecule has 0 radical (unpaired) electrons. The fraction of sp³-hybridized carbons (Fsp3) is 0.375. The fourth-order valence-corrected chi connectivity index (χ4v) is 3.73. The molecule has 0 amide bonds. The molecule has 6 nitrogen and oxygen atoms in total. The Morgan fingerprint density at radius 3 is 2.29 bits per heavy atom. The first-order valence-corrected chi connectivity index (χ1v) is 9.91. The smallest absolute Gasteiger partial charge is 0.234 e. The van der Waals surface area contributed by atoms with E-state index in [4.69, 9.17) is 0 Å². The number of hydrogen-bond acceptors (Lipinski definition) is 4. The van der Waals surface area contributed by atoms with Crippen molar-refractivity contribution in [3.63, 3.8) is 0 Å². The van der Waals surface area contributed by atoms with E-state index in [-0.39, 0.29) is 4.90 Å². The third-order valence-corrected chi connectivity index (χ3v) is 6.34. The first-order valence-electron chi connectivity index (χ1n) is 7.36. The number of nitrogens with zero attached hydrogens (tertiary/aromatic N) is 3. The molecule has 8 heteroatoms. The summed E-state index contributed by atoms with van der Waals surface area (Å²) in [5, 5.41) is 0. The third-order valence-electron chi connectivity index (χ3n) is 3.24. The second-order valence-electron chi connectivity index (χ2n) is 6.42. The summed E-state index contributed by atoms with van der Waals surface area (Å²) >= 11 is 0. The van der Waals surface area contributed by atoms with Gasteiger partial charge in [-0.25, -0.2) is 21.6 Å². The van der Waals surface area contributed by atoms with E-state index in [1.807, 2.05) is 27.7 Å². The Bertz CT molecular complexity index is 890. The van der Waals surface area contributed by atoms with Gasteiger partial charge < -0.3 is 0 Å². The zero-order chi connectivity index (χ0) is 18.1. The fourth-order valence-electron chi connectivity index (χ4n) is 1.87. The van der Waals surface area contributed by atoms with Crippen LogP contribution in [0.2, 0.25) is 0 Å². The van der Waals surface area contributed by atoms with Crippen LogP contribution in [0.4, 0.5) is 0 Å². The number of benzene rings is 1. The van der Waals surface area contributed by atoms with Gasteiger partial charge in [0.05, 0.1) is 15.9 Å². The zero-order valence-electron chi connectivity index (χ0n) is 14.3. The summed E-state index contributed by atoms with van der Waals surface area (Å²) in [7, 11) is -5.14. The van der Waals surface area contributed by atoms with E-state index < -0.39 is 25.8 Å². The van der Waals surface area contributed by atoms with Gasteiger partial charge in [-0.15, -0.1) is 0 Å². The molecule has 1 atom stereocenters. The molecular formula is C16H21N3O3S2. The lowest BCUT2D eigenvalue weighted by atomic mass is 10.2. The van der Waals surface area contributed by atoms with Crippen molar-refractivity contribution in [1.82, 2.24) is 8.96 Å². The Kier molecular flexibility index (Phi) is 5.10. The van der Waals surface area contributed by atoms with Crippen LogP contribution in [0.15, 0.2) is 39.8 Å². The Balaban J connectivity index is 2.37. The van der Waals surface area contributed by atoms with Crippen molar-refractivity contribution >= 4 is 27.2 Å². The highest BCUT2D eigenvalue weighted by molar-refractivity contribution is 7.90. The van der Waals surface area contributed by atoms with Crippen molar-refractivity contribution < 1.29 is 12.6 Å². The highest BCUT2D eigenvalue weighted by Crippen LogP contribution is 2.17. The minimum Gasteiger partial charge on any atom is -0.234 e. The molecule has 0 N–H and O–H groups in total. The van der Waals surface area contributed by atoms with Crippen molar-refractivity contribution in [2.45, 2.75) is 44.3 Å². The molecular weight excluding hydrogens is 346 g/mol. The van der Waals surface area contributed by atoms with Crippen LogP contribution < -0.4 is 0 Å². The molecule has 0 unspecified atom stereocenters. The molecule has 24 heavy (non-hydrogen) atoms. The molecule has 2 rings (SSSR count). The highest BCUT2D eigenvalue weighted by atomic mass is 32.2. The van der Waals surface area contributed by atoms with E-state index in [1.165, 1.54) is 12.4 Å².